The van der Waals surface area contributed by atoms with Gasteiger partial charge in [-0.3, -0.25) is 0 Å². The van der Waals surface area contributed by atoms with Crippen molar-refractivity contribution in [2.75, 3.05) is 32.2 Å². The number of methoxy groups -OCH3 is 1. The predicted molar refractivity (Wildman–Crippen MR) is 59.9 cm³/mol. The molecule has 0 radical (unpaired) electrons. The molecule has 78 valence electrons. The molecule has 0 N–H and O–H groups in total. The second kappa shape index (κ2) is 5.93. The van der Waals surface area contributed by atoms with E-state index < -0.39 is 0 Å². The first-order valence-corrected chi connectivity index (χ1v) is 5.25. The first-order chi connectivity index (χ1) is 6.74. The highest BCUT2D eigenvalue weighted by Gasteiger charge is 2.08. The molecular formula is C9H14BrN3O. The molecule has 5 heteroatoms. The smallest absolute Gasteiger partial charge is 0.131 e. The molecule has 1 aromatic rings. The maximum absolute atomic E-state index is 5.03. The lowest BCUT2D eigenvalue weighted by Gasteiger charge is -2.20. The van der Waals surface area contributed by atoms with Crippen molar-refractivity contribution >= 4 is 21.7 Å². The fourth-order valence-electron chi connectivity index (χ4n) is 1.13. The molecule has 1 atom stereocenters. The van der Waals surface area contributed by atoms with Crippen LogP contribution in [0.15, 0.2) is 18.6 Å². The Morgan fingerprint density at radius 2 is 2.43 bits per heavy atom. The Bertz CT molecular complexity index is 257. The molecule has 0 aromatic carbocycles. The number of aromatic nitrogens is 2. The van der Waals surface area contributed by atoms with Gasteiger partial charge in [0, 0.05) is 26.9 Å². The van der Waals surface area contributed by atoms with Crippen LogP contribution in [0, 0.1) is 0 Å². The third kappa shape index (κ3) is 3.59. The minimum absolute atomic E-state index is 0.312. The lowest BCUT2D eigenvalue weighted by atomic mass is 10.4. The van der Waals surface area contributed by atoms with Crippen LogP contribution in [0.1, 0.15) is 0 Å². The quantitative estimate of drug-likeness (QED) is 0.748. The van der Waals surface area contributed by atoms with Gasteiger partial charge in [0.1, 0.15) is 12.1 Å². The van der Waals surface area contributed by atoms with E-state index in [1.807, 2.05) is 13.1 Å². The van der Waals surface area contributed by atoms with Crippen molar-refractivity contribution in [2.24, 2.45) is 0 Å². The summed E-state index contributed by atoms with van der Waals surface area (Å²) in [5.74, 6) is 0.917. The van der Waals surface area contributed by atoms with Crippen molar-refractivity contribution in [1.82, 2.24) is 9.97 Å². The number of rotatable bonds is 5. The zero-order valence-corrected chi connectivity index (χ0v) is 9.94. The van der Waals surface area contributed by atoms with Crippen molar-refractivity contribution in [3.05, 3.63) is 18.6 Å². The zero-order chi connectivity index (χ0) is 10.4. The number of halogens is 1. The highest BCUT2D eigenvalue weighted by Crippen LogP contribution is 2.09. The minimum Gasteiger partial charge on any atom is -0.383 e. The van der Waals surface area contributed by atoms with Gasteiger partial charge in [0.15, 0.2) is 0 Å². The van der Waals surface area contributed by atoms with E-state index in [4.69, 9.17) is 4.74 Å². The Morgan fingerprint density at radius 3 is 3.00 bits per heavy atom. The molecule has 0 aliphatic heterocycles. The van der Waals surface area contributed by atoms with E-state index in [9.17, 15) is 0 Å². The normalized spacial score (nSPS) is 12.5. The van der Waals surface area contributed by atoms with Crippen LogP contribution >= 0.6 is 15.9 Å². The van der Waals surface area contributed by atoms with Crippen LogP contribution in [0.25, 0.3) is 0 Å². The summed E-state index contributed by atoms with van der Waals surface area (Å²) in [5.41, 5.74) is 0. The van der Waals surface area contributed by atoms with Crippen LogP contribution in [0.5, 0.6) is 0 Å². The molecule has 0 amide bonds. The van der Waals surface area contributed by atoms with Crippen molar-refractivity contribution in [1.29, 1.82) is 0 Å². The molecule has 0 spiro atoms. The third-order valence-corrected chi connectivity index (χ3v) is 2.33. The lowest BCUT2D eigenvalue weighted by molar-refractivity contribution is 0.201. The summed E-state index contributed by atoms with van der Waals surface area (Å²) in [5, 5.41) is 0. The van der Waals surface area contributed by atoms with Crippen LogP contribution in [0.2, 0.25) is 0 Å². The van der Waals surface area contributed by atoms with Crippen LogP contribution in [-0.2, 0) is 4.74 Å². The van der Waals surface area contributed by atoms with E-state index in [-0.39, 0.29) is 0 Å². The van der Waals surface area contributed by atoms with E-state index in [0.29, 0.717) is 11.4 Å². The molecule has 1 unspecified atom stereocenters. The average Bonchev–Trinajstić information content (AvgIpc) is 2.19. The Labute approximate surface area is 92.4 Å². The third-order valence-electron chi connectivity index (χ3n) is 1.78. The van der Waals surface area contributed by atoms with Crippen molar-refractivity contribution in [2.45, 2.75) is 4.83 Å². The summed E-state index contributed by atoms with van der Waals surface area (Å²) in [6.45, 7) is 1.54. The second-order valence-corrected chi connectivity index (χ2v) is 4.30. The van der Waals surface area contributed by atoms with Gasteiger partial charge in [0.05, 0.1) is 11.4 Å². The molecule has 0 saturated heterocycles. The highest BCUT2D eigenvalue weighted by molar-refractivity contribution is 9.09. The van der Waals surface area contributed by atoms with Gasteiger partial charge in [-0.1, -0.05) is 15.9 Å². The molecule has 0 bridgehead atoms. The van der Waals surface area contributed by atoms with Crippen LogP contribution in [-0.4, -0.2) is 42.1 Å². The molecular weight excluding hydrogens is 246 g/mol. The van der Waals surface area contributed by atoms with Gasteiger partial charge in [-0.25, -0.2) is 9.97 Å². The maximum Gasteiger partial charge on any atom is 0.131 e. The van der Waals surface area contributed by atoms with E-state index in [1.54, 1.807) is 19.6 Å². The van der Waals surface area contributed by atoms with Gasteiger partial charge in [0.25, 0.3) is 0 Å². The number of nitrogens with zero attached hydrogens (tertiary/aromatic N) is 3. The van der Waals surface area contributed by atoms with Crippen molar-refractivity contribution < 1.29 is 4.74 Å². The second-order valence-electron chi connectivity index (χ2n) is 3.00. The van der Waals surface area contributed by atoms with E-state index >= 15 is 0 Å². The van der Waals surface area contributed by atoms with Crippen molar-refractivity contribution in [3.8, 4) is 0 Å². The van der Waals surface area contributed by atoms with Gasteiger partial charge >= 0.3 is 0 Å². The molecule has 1 aromatic heterocycles. The lowest BCUT2D eigenvalue weighted by Crippen LogP contribution is -2.28. The standard InChI is InChI=1S/C9H14BrN3O/c1-13(5-8(10)6-14-2)9-3-4-11-7-12-9/h3-4,7-8H,5-6H2,1-2H3. The van der Waals surface area contributed by atoms with Crippen molar-refractivity contribution in [3.63, 3.8) is 0 Å². The van der Waals surface area contributed by atoms with E-state index in [1.165, 1.54) is 0 Å². The van der Waals surface area contributed by atoms with Gasteiger partial charge < -0.3 is 9.64 Å². The van der Waals surface area contributed by atoms with E-state index in [2.05, 4.69) is 30.8 Å². The summed E-state index contributed by atoms with van der Waals surface area (Å²) in [7, 11) is 3.69. The molecule has 0 aliphatic carbocycles. The Balaban J connectivity index is 2.46. The maximum atomic E-state index is 5.03. The number of alkyl halides is 1. The minimum atomic E-state index is 0.312. The monoisotopic (exact) mass is 259 g/mol. The number of ether oxygens (including phenoxy) is 1. The molecule has 14 heavy (non-hydrogen) atoms. The number of hydrogen-bond donors (Lipinski definition) is 0. The first kappa shape index (κ1) is 11.4. The summed E-state index contributed by atoms with van der Waals surface area (Å²) in [6.07, 6.45) is 3.28. The molecule has 1 heterocycles. The van der Waals surface area contributed by atoms with Gasteiger partial charge in [0.2, 0.25) is 0 Å². The zero-order valence-electron chi connectivity index (χ0n) is 8.35. The summed E-state index contributed by atoms with van der Waals surface area (Å²) in [4.78, 5) is 10.4. The fourth-order valence-corrected chi connectivity index (χ4v) is 1.83. The van der Waals surface area contributed by atoms with E-state index in [0.717, 1.165) is 12.4 Å². The molecule has 4 nitrogen and oxygen atoms in total. The fraction of sp³-hybridized carbons (Fsp3) is 0.556. The van der Waals surface area contributed by atoms with Crippen LogP contribution in [0.3, 0.4) is 0 Å². The Morgan fingerprint density at radius 1 is 1.64 bits per heavy atom. The molecule has 1 rings (SSSR count). The predicted octanol–water partition coefficient (Wildman–Crippen LogP) is 1.32. The number of hydrogen-bond acceptors (Lipinski definition) is 4. The first-order valence-electron chi connectivity index (χ1n) is 4.34. The average molecular weight is 260 g/mol. The van der Waals surface area contributed by atoms with Gasteiger partial charge in [-0.15, -0.1) is 0 Å². The summed E-state index contributed by atoms with van der Waals surface area (Å²) in [6, 6.07) is 1.88. The molecule has 0 aliphatic rings. The van der Waals surface area contributed by atoms with Crippen LogP contribution in [0.4, 0.5) is 5.82 Å². The van der Waals surface area contributed by atoms with Gasteiger partial charge in [-0.2, -0.15) is 0 Å². The molecule has 0 saturated carbocycles. The SMILES string of the molecule is COCC(Br)CN(C)c1ccncn1. The van der Waals surface area contributed by atoms with Crippen LogP contribution < -0.4 is 4.90 Å². The largest absolute Gasteiger partial charge is 0.383 e. The van der Waals surface area contributed by atoms with Gasteiger partial charge in [-0.05, 0) is 6.07 Å². The molecule has 0 fully saturated rings. The summed E-state index contributed by atoms with van der Waals surface area (Å²) >= 11 is 3.53. The topological polar surface area (TPSA) is 38.2 Å². The summed E-state index contributed by atoms with van der Waals surface area (Å²) < 4.78 is 5.03. The Hall–Kier alpha value is -0.680. The Kier molecular flexibility index (Phi) is 4.82. The number of anilines is 1. The highest BCUT2D eigenvalue weighted by atomic mass is 79.9.